The number of hydrogen-bond donors (Lipinski definition) is 1. The van der Waals surface area contributed by atoms with E-state index in [4.69, 9.17) is 18.9 Å². The Morgan fingerprint density at radius 3 is 2.48 bits per heavy atom. The van der Waals surface area contributed by atoms with Crippen LogP contribution in [-0.4, -0.2) is 125 Å². The minimum atomic E-state index is -4.88. The van der Waals surface area contributed by atoms with Gasteiger partial charge in [-0.3, -0.25) is 14.6 Å². The van der Waals surface area contributed by atoms with E-state index in [1.54, 1.807) is 17.9 Å². The average molecular weight is 764 g/mol. The number of aromatic nitrogens is 1. The molecule has 7 rings (SSSR count). The number of benzene rings is 2. The summed E-state index contributed by atoms with van der Waals surface area (Å²) in [6.45, 7) is 5.80. The van der Waals surface area contributed by atoms with Gasteiger partial charge in [0.25, 0.3) is 15.9 Å². The summed E-state index contributed by atoms with van der Waals surface area (Å²) in [5.41, 5.74) is -3.34. The Morgan fingerprint density at radius 2 is 1.85 bits per heavy atom. The summed E-state index contributed by atoms with van der Waals surface area (Å²) in [5.74, 6) is -2.14. The van der Waals surface area contributed by atoms with Crippen LogP contribution in [0.1, 0.15) is 36.5 Å². The first-order valence-electron chi connectivity index (χ1n) is 17.7. The van der Waals surface area contributed by atoms with Crippen molar-refractivity contribution in [3.8, 4) is 23.4 Å². The fraction of sp³-hybridized carbons (Fsp3) is 0.459. The zero-order valence-corrected chi connectivity index (χ0v) is 31.3. The quantitative estimate of drug-likeness (QED) is 0.304. The molecule has 4 aliphatic rings. The molecule has 17 heteroatoms. The summed E-state index contributed by atoms with van der Waals surface area (Å²) in [6, 6.07) is 10.9. The fourth-order valence-electron chi connectivity index (χ4n) is 7.70. The largest absolute Gasteiger partial charge is 0.497 e. The number of fused-ring (bicyclic) bond motifs is 1. The number of urea groups is 1. The molecule has 5 heterocycles. The smallest absolute Gasteiger partial charge is 0.318 e. The van der Waals surface area contributed by atoms with Crippen molar-refractivity contribution in [2.75, 3.05) is 71.6 Å². The minimum Gasteiger partial charge on any atom is -0.497 e. The molecule has 286 valence electrons. The Bertz CT molecular complexity index is 2100. The van der Waals surface area contributed by atoms with E-state index in [2.05, 4.69) is 27.1 Å². The second-order valence-electron chi connectivity index (χ2n) is 13.7. The van der Waals surface area contributed by atoms with Gasteiger partial charge in [0.2, 0.25) is 5.88 Å². The number of sulfonamides is 1. The van der Waals surface area contributed by atoms with E-state index in [1.165, 1.54) is 50.7 Å². The van der Waals surface area contributed by atoms with Crippen molar-refractivity contribution in [2.45, 2.75) is 48.3 Å². The number of halogens is 1. The van der Waals surface area contributed by atoms with Crippen LogP contribution in [-0.2, 0) is 25.1 Å². The Balaban J connectivity index is 1.25. The number of rotatable bonds is 11. The lowest BCUT2D eigenvalue weighted by molar-refractivity contribution is -0.121. The number of methoxy groups -OCH3 is 2. The van der Waals surface area contributed by atoms with Crippen molar-refractivity contribution in [1.29, 1.82) is 5.26 Å². The first kappa shape index (κ1) is 37.3. The SMILES string of the molecule is CCOc1ncccc1C1(NC(=O)N2CC(N3CCC(N(C)C4COC4)CC3)C2)C(=O)N(S(=O)(=O)c2ccc(OC)cc2OC)c2cc(F)c(C#N)cc21. The molecule has 4 aliphatic heterocycles. The molecule has 15 nitrogen and oxygen atoms in total. The highest BCUT2D eigenvalue weighted by Crippen LogP contribution is 2.50. The van der Waals surface area contributed by atoms with Gasteiger partial charge in [0.05, 0.1) is 56.9 Å². The van der Waals surface area contributed by atoms with Gasteiger partial charge in [-0.1, -0.05) is 0 Å². The van der Waals surface area contributed by atoms with Gasteiger partial charge in [0.1, 0.15) is 28.3 Å². The van der Waals surface area contributed by atoms with Gasteiger partial charge in [-0.25, -0.2) is 22.6 Å². The van der Waals surface area contributed by atoms with Gasteiger partial charge in [-0.05, 0) is 57.1 Å². The van der Waals surface area contributed by atoms with Gasteiger partial charge in [-0.15, -0.1) is 0 Å². The van der Waals surface area contributed by atoms with E-state index >= 15 is 9.18 Å². The van der Waals surface area contributed by atoms with E-state index in [0.717, 1.165) is 51.3 Å². The van der Waals surface area contributed by atoms with Crippen molar-refractivity contribution in [2.24, 2.45) is 0 Å². The number of nitriles is 1. The number of amides is 3. The van der Waals surface area contributed by atoms with Crippen molar-refractivity contribution in [1.82, 2.24) is 25.0 Å². The molecule has 3 fully saturated rings. The van der Waals surface area contributed by atoms with Crippen LogP contribution in [0.3, 0.4) is 0 Å². The summed E-state index contributed by atoms with van der Waals surface area (Å²) in [5, 5.41) is 12.7. The third-order valence-electron chi connectivity index (χ3n) is 10.9. The third kappa shape index (κ3) is 6.16. The molecule has 0 aliphatic carbocycles. The Morgan fingerprint density at radius 1 is 1.11 bits per heavy atom. The van der Waals surface area contributed by atoms with E-state index in [0.29, 0.717) is 29.5 Å². The molecule has 0 radical (unpaired) electrons. The standard InChI is InChI=1S/C37H42FN7O8S/c1-5-53-34-28(7-6-12-40-34)37(41-36(47)44-19-25(20-44)43-13-10-24(11-14-43)42(2)26-21-52-22-26)29-15-23(18-39)30(38)17-31(29)45(35(37)46)54(48,49)33-9-8-27(50-3)16-32(33)51-4/h6-9,12,15-17,24-26H,5,10-11,13-14,19-22H2,1-4H3,(H,41,47). The van der Waals surface area contributed by atoms with Gasteiger partial charge in [-0.2, -0.15) is 9.57 Å². The second-order valence-corrected chi connectivity index (χ2v) is 15.5. The lowest BCUT2D eigenvalue weighted by atomic mass is 9.83. The van der Waals surface area contributed by atoms with Crippen molar-refractivity contribution < 1.29 is 41.3 Å². The molecule has 1 N–H and O–H groups in total. The normalized spacial score (nSPS) is 20.9. The minimum absolute atomic E-state index is 0.00136. The second kappa shape index (κ2) is 14.7. The monoisotopic (exact) mass is 763 g/mol. The van der Waals surface area contributed by atoms with E-state index in [1.807, 2.05) is 0 Å². The molecule has 0 saturated carbocycles. The van der Waals surface area contributed by atoms with Crippen LogP contribution < -0.4 is 23.8 Å². The topological polar surface area (TPSA) is 167 Å². The fourth-order valence-corrected chi connectivity index (χ4v) is 9.30. The number of carbonyl (C=O) groups is 2. The lowest BCUT2D eigenvalue weighted by Gasteiger charge is -2.50. The van der Waals surface area contributed by atoms with E-state index < -0.39 is 49.5 Å². The Kier molecular flexibility index (Phi) is 10.1. The number of carbonyl (C=O) groups excluding carboxylic acids is 2. The number of piperidine rings is 1. The van der Waals surface area contributed by atoms with Gasteiger partial charge >= 0.3 is 6.03 Å². The van der Waals surface area contributed by atoms with Crippen LogP contribution in [0.5, 0.6) is 17.4 Å². The van der Waals surface area contributed by atoms with Crippen molar-refractivity contribution in [3.05, 3.63) is 71.2 Å². The number of likely N-dealkylation sites (tertiary alicyclic amines) is 2. The number of ether oxygens (including phenoxy) is 4. The summed E-state index contributed by atoms with van der Waals surface area (Å²) in [4.78, 5) is 39.7. The summed E-state index contributed by atoms with van der Waals surface area (Å²) < 4.78 is 67.0. The molecule has 54 heavy (non-hydrogen) atoms. The van der Waals surface area contributed by atoms with Crippen LogP contribution in [0.25, 0.3) is 0 Å². The van der Waals surface area contributed by atoms with Crippen molar-refractivity contribution >= 4 is 27.6 Å². The summed E-state index contributed by atoms with van der Waals surface area (Å²) in [6.07, 6.45) is 3.41. The maximum absolute atomic E-state index is 15.5. The number of likely N-dealkylation sites (N-methyl/N-ethyl adjacent to an activating group) is 1. The number of hydrogen-bond acceptors (Lipinski definition) is 12. The highest BCUT2D eigenvalue weighted by molar-refractivity contribution is 7.93. The van der Waals surface area contributed by atoms with Crippen LogP contribution in [0.2, 0.25) is 0 Å². The van der Waals surface area contributed by atoms with E-state index in [-0.39, 0.29) is 41.2 Å². The van der Waals surface area contributed by atoms with Gasteiger partial charge in [0, 0.05) is 62.2 Å². The van der Waals surface area contributed by atoms with Gasteiger partial charge < -0.3 is 29.2 Å². The maximum atomic E-state index is 15.5. The van der Waals surface area contributed by atoms with Crippen LogP contribution in [0.15, 0.2) is 53.6 Å². The number of pyridine rings is 1. The third-order valence-corrected chi connectivity index (χ3v) is 12.6. The lowest BCUT2D eigenvalue weighted by Crippen LogP contribution is -2.67. The molecule has 3 amide bonds. The Labute approximate surface area is 313 Å². The predicted octanol–water partition coefficient (Wildman–Crippen LogP) is 2.68. The average Bonchev–Trinajstić information content (AvgIpc) is 3.36. The van der Waals surface area contributed by atoms with Crippen LogP contribution in [0, 0.1) is 17.1 Å². The molecule has 0 bridgehead atoms. The Hall–Kier alpha value is -5.02. The molecule has 2 aromatic carbocycles. The molecule has 1 unspecified atom stereocenters. The molecule has 1 atom stereocenters. The summed E-state index contributed by atoms with van der Waals surface area (Å²) in [7, 11) is -0.0840. The summed E-state index contributed by atoms with van der Waals surface area (Å²) >= 11 is 0. The van der Waals surface area contributed by atoms with Crippen LogP contribution >= 0.6 is 0 Å². The number of nitrogens with one attached hydrogen (secondary N) is 1. The number of anilines is 1. The zero-order chi connectivity index (χ0) is 38.4. The van der Waals surface area contributed by atoms with Crippen molar-refractivity contribution in [3.63, 3.8) is 0 Å². The molecule has 3 aromatic rings. The first-order chi connectivity index (χ1) is 26.0. The van der Waals surface area contributed by atoms with E-state index in [9.17, 15) is 18.5 Å². The highest BCUT2D eigenvalue weighted by Gasteiger charge is 2.60. The highest BCUT2D eigenvalue weighted by atomic mass is 32.2. The molecular weight excluding hydrogens is 722 g/mol. The molecule has 1 aromatic heterocycles. The molecule has 0 spiro atoms. The zero-order valence-electron chi connectivity index (χ0n) is 30.5. The number of nitrogens with zero attached hydrogens (tertiary/aromatic N) is 6. The molecule has 3 saturated heterocycles. The molecular formula is C37H42FN7O8S. The maximum Gasteiger partial charge on any atom is 0.318 e. The van der Waals surface area contributed by atoms with Crippen LogP contribution in [0.4, 0.5) is 14.9 Å². The predicted molar refractivity (Wildman–Crippen MR) is 192 cm³/mol. The first-order valence-corrected chi connectivity index (χ1v) is 19.2. The van der Waals surface area contributed by atoms with Gasteiger partial charge in [0.15, 0.2) is 5.54 Å².